The number of esters is 1. The van der Waals surface area contributed by atoms with Crippen LogP contribution in [0.4, 0.5) is 0 Å². The van der Waals surface area contributed by atoms with Gasteiger partial charge in [-0.15, -0.1) is 11.6 Å². The number of methoxy groups -OCH3 is 1. The number of phenols is 1. The molecule has 17 heavy (non-hydrogen) atoms. The summed E-state index contributed by atoms with van der Waals surface area (Å²) in [5, 5.41) is 9.54. The van der Waals surface area contributed by atoms with Crippen molar-refractivity contribution in [1.29, 1.82) is 0 Å². The van der Waals surface area contributed by atoms with Gasteiger partial charge in [0.1, 0.15) is 5.75 Å². The summed E-state index contributed by atoms with van der Waals surface area (Å²) in [5.41, 5.74) is 0.927. The second-order valence-corrected chi connectivity index (χ2v) is 3.74. The molecule has 0 saturated carbocycles. The molecule has 1 aromatic carbocycles. The Kier molecular flexibility index (Phi) is 4.97. The highest BCUT2D eigenvalue weighted by Gasteiger charge is 2.11. The molecule has 0 radical (unpaired) electrons. The zero-order valence-corrected chi connectivity index (χ0v) is 10.2. The second kappa shape index (κ2) is 6.25. The molecule has 0 atom stereocenters. The van der Waals surface area contributed by atoms with Gasteiger partial charge in [-0.1, -0.05) is 12.1 Å². The van der Waals surface area contributed by atoms with Crippen molar-refractivity contribution in [1.82, 2.24) is 0 Å². The molecule has 4 nitrogen and oxygen atoms in total. The molecule has 0 aromatic heterocycles. The molecule has 0 unspecified atom stereocenters. The van der Waals surface area contributed by atoms with E-state index in [0.29, 0.717) is 11.1 Å². The zero-order chi connectivity index (χ0) is 12.8. The predicted octanol–water partition coefficient (Wildman–Crippen LogP) is 2.27. The number of rotatable bonds is 5. The highest BCUT2D eigenvalue weighted by atomic mass is 35.5. The molecule has 0 fully saturated rings. The molecule has 1 aromatic rings. The molecular weight excluding hydrogens is 244 g/mol. The normalized spacial score (nSPS) is 10.0. The third-order valence-corrected chi connectivity index (χ3v) is 2.62. The Balaban J connectivity index is 2.69. The van der Waals surface area contributed by atoms with Gasteiger partial charge in [-0.2, -0.15) is 0 Å². The van der Waals surface area contributed by atoms with Crippen molar-refractivity contribution >= 4 is 23.4 Å². The molecule has 0 amide bonds. The number of carbonyl (C=O) groups is 2. The summed E-state index contributed by atoms with van der Waals surface area (Å²) in [5.74, 6) is -0.474. The maximum Gasteiger partial charge on any atom is 0.305 e. The summed E-state index contributed by atoms with van der Waals surface area (Å²) in [6.45, 7) is 0. The third kappa shape index (κ3) is 3.75. The third-order valence-electron chi connectivity index (χ3n) is 2.34. The quantitative estimate of drug-likeness (QED) is 0.499. The van der Waals surface area contributed by atoms with Crippen molar-refractivity contribution in [2.45, 2.75) is 18.7 Å². The van der Waals surface area contributed by atoms with Crippen molar-refractivity contribution in [2.24, 2.45) is 0 Å². The van der Waals surface area contributed by atoms with Gasteiger partial charge in [0.2, 0.25) is 0 Å². The molecule has 0 aliphatic heterocycles. The van der Waals surface area contributed by atoms with Gasteiger partial charge in [0, 0.05) is 17.5 Å². The van der Waals surface area contributed by atoms with Crippen LogP contribution in [0.15, 0.2) is 18.2 Å². The first-order chi connectivity index (χ1) is 8.08. The van der Waals surface area contributed by atoms with Crippen LogP contribution in [0.5, 0.6) is 5.75 Å². The molecule has 92 valence electrons. The first kappa shape index (κ1) is 13.5. The topological polar surface area (TPSA) is 63.6 Å². The zero-order valence-electron chi connectivity index (χ0n) is 9.40. The van der Waals surface area contributed by atoms with Crippen LogP contribution in [0.3, 0.4) is 0 Å². The van der Waals surface area contributed by atoms with E-state index in [2.05, 4.69) is 4.74 Å². The molecule has 0 aliphatic rings. The van der Waals surface area contributed by atoms with Crippen molar-refractivity contribution in [3.8, 4) is 5.75 Å². The molecule has 0 aliphatic carbocycles. The van der Waals surface area contributed by atoms with Crippen LogP contribution in [-0.4, -0.2) is 24.0 Å². The summed E-state index contributed by atoms with van der Waals surface area (Å²) in [6.07, 6.45) is 0.0969. The predicted molar refractivity (Wildman–Crippen MR) is 63.2 cm³/mol. The van der Waals surface area contributed by atoms with E-state index in [9.17, 15) is 14.7 Å². The average Bonchev–Trinajstić information content (AvgIpc) is 2.35. The van der Waals surface area contributed by atoms with Gasteiger partial charge in [-0.25, -0.2) is 0 Å². The van der Waals surface area contributed by atoms with Crippen LogP contribution in [0.2, 0.25) is 0 Å². The smallest absolute Gasteiger partial charge is 0.305 e. The Morgan fingerprint density at radius 3 is 2.59 bits per heavy atom. The standard InChI is InChI=1S/C12H13ClO4/c1-17-12(16)5-4-10(14)8-2-3-9(7-13)11(15)6-8/h2-3,6,15H,4-5,7H2,1H3. The number of hydrogen-bond donors (Lipinski definition) is 1. The molecule has 0 bridgehead atoms. The largest absolute Gasteiger partial charge is 0.508 e. The van der Waals surface area contributed by atoms with Gasteiger partial charge in [-0.05, 0) is 6.07 Å². The second-order valence-electron chi connectivity index (χ2n) is 3.48. The molecular formula is C12H13ClO4. The van der Waals surface area contributed by atoms with E-state index in [-0.39, 0.29) is 30.3 Å². The average molecular weight is 257 g/mol. The Bertz CT molecular complexity index is 429. The number of ether oxygens (including phenoxy) is 1. The highest BCUT2D eigenvalue weighted by Crippen LogP contribution is 2.21. The number of carbonyl (C=O) groups excluding carboxylic acids is 2. The lowest BCUT2D eigenvalue weighted by molar-refractivity contribution is -0.140. The molecule has 1 N–H and O–H groups in total. The van der Waals surface area contributed by atoms with E-state index in [4.69, 9.17) is 11.6 Å². The highest BCUT2D eigenvalue weighted by molar-refractivity contribution is 6.17. The SMILES string of the molecule is COC(=O)CCC(=O)c1ccc(CCl)c(O)c1. The van der Waals surface area contributed by atoms with Crippen LogP contribution in [-0.2, 0) is 15.4 Å². The fourth-order valence-electron chi connectivity index (χ4n) is 1.31. The van der Waals surface area contributed by atoms with Gasteiger partial charge < -0.3 is 9.84 Å². The van der Waals surface area contributed by atoms with E-state index in [1.54, 1.807) is 12.1 Å². The molecule has 0 spiro atoms. The van der Waals surface area contributed by atoms with E-state index >= 15 is 0 Å². The fourth-order valence-corrected chi connectivity index (χ4v) is 1.54. The first-order valence-electron chi connectivity index (χ1n) is 5.06. The number of halogens is 1. The van der Waals surface area contributed by atoms with E-state index in [1.165, 1.54) is 13.2 Å². The number of benzene rings is 1. The van der Waals surface area contributed by atoms with Crippen molar-refractivity contribution in [3.63, 3.8) is 0 Å². The van der Waals surface area contributed by atoms with Gasteiger partial charge in [-0.3, -0.25) is 9.59 Å². The van der Waals surface area contributed by atoms with Crippen molar-refractivity contribution < 1.29 is 19.4 Å². The number of ketones is 1. The lowest BCUT2D eigenvalue weighted by Crippen LogP contribution is -2.06. The summed E-state index contributed by atoms with van der Waals surface area (Å²) in [6, 6.07) is 4.53. The number of phenolic OH excluding ortho intramolecular Hbond substituents is 1. The maximum atomic E-state index is 11.7. The Hall–Kier alpha value is -1.55. The molecule has 5 heteroatoms. The van der Waals surface area contributed by atoms with E-state index < -0.39 is 5.97 Å². The maximum absolute atomic E-state index is 11.7. The van der Waals surface area contributed by atoms with Crippen LogP contribution in [0.1, 0.15) is 28.8 Å². The summed E-state index contributed by atoms with van der Waals surface area (Å²) < 4.78 is 4.44. The van der Waals surface area contributed by atoms with E-state index in [0.717, 1.165) is 0 Å². The number of aromatic hydroxyl groups is 1. The lowest BCUT2D eigenvalue weighted by atomic mass is 10.0. The van der Waals surface area contributed by atoms with Gasteiger partial charge in [0.25, 0.3) is 0 Å². The minimum atomic E-state index is -0.431. The Labute approximate surface area is 104 Å². The van der Waals surface area contributed by atoms with Crippen molar-refractivity contribution in [2.75, 3.05) is 7.11 Å². The fraction of sp³-hybridized carbons (Fsp3) is 0.333. The van der Waals surface area contributed by atoms with Gasteiger partial charge in [0.05, 0.1) is 19.4 Å². The lowest BCUT2D eigenvalue weighted by Gasteiger charge is -2.04. The molecule has 0 heterocycles. The summed E-state index contributed by atoms with van der Waals surface area (Å²) in [7, 11) is 1.27. The minimum absolute atomic E-state index is 0.0103. The number of alkyl halides is 1. The van der Waals surface area contributed by atoms with E-state index in [1.807, 2.05) is 0 Å². The molecule has 0 saturated heterocycles. The Morgan fingerprint density at radius 1 is 1.35 bits per heavy atom. The molecule has 1 rings (SSSR count). The Morgan fingerprint density at radius 2 is 2.06 bits per heavy atom. The van der Waals surface area contributed by atoms with Crippen LogP contribution in [0, 0.1) is 0 Å². The van der Waals surface area contributed by atoms with Gasteiger partial charge >= 0.3 is 5.97 Å². The van der Waals surface area contributed by atoms with Crippen LogP contribution in [0.25, 0.3) is 0 Å². The van der Waals surface area contributed by atoms with Crippen LogP contribution >= 0.6 is 11.6 Å². The monoisotopic (exact) mass is 256 g/mol. The van der Waals surface area contributed by atoms with Crippen molar-refractivity contribution in [3.05, 3.63) is 29.3 Å². The van der Waals surface area contributed by atoms with Gasteiger partial charge in [0.15, 0.2) is 5.78 Å². The van der Waals surface area contributed by atoms with Crippen LogP contribution < -0.4 is 0 Å². The number of hydrogen-bond acceptors (Lipinski definition) is 4. The number of Topliss-reactive ketones (excluding diaryl/α,β-unsaturated/α-hetero) is 1. The summed E-state index contributed by atoms with van der Waals surface area (Å²) in [4.78, 5) is 22.5. The first-order valence-corrected chi connectivity index (χ1v) is 5.59. The summed E-state index contributed by atoms with van der Waals surface area (Å²) >= 11 is 5.58. The minimum Gasteiger partial charge on any atom is -0.508 e.